The zero-order chi connectivity index (χ0) is 16.1. The lowest BCUT2D eigenvalue weighted by molar-refractivity contribution is 0.139. The second-order valence-corrected chi connectivity index (χ2v) is 6.63. The molecule has 3 rings (SSSR count). The van der Waals surface area contributed by atoms with Crippen molar-refractivity contribution >= 4 is 34.5 Å². The molecular weight excluding hydrogens is 328 g/mol. The van der Waals surface area contributed by atoms with Crippen molar-refractivity contribution in [3.05, 3.63) is 53.7 Å². The highest BCUT2D eigenvalue weighted by molar-refractivity contribution is 7.80. The topological polar surface area (TPSA) is 34.1 Å². The van der Waals surface area contributed by atoms with E-state index in [2.05, 4.69) is 10.3 Å². The molecule has 1 N–H and O–H groups in total. The van der Waals surface area contributed by atoms with E-state index in [0.29, 0.717) is 11.8 Å². The van der Waals surface area contributed by atoms with Crippen LogP contribution in [0.3, 0.4) is 0 Å². The van der Waals surface area contributed by atoms with Crippen molar-refractivity contribution in [2.24, 2.45) is 5.92 Å². The molecule has 0 saturated heterocycles. The summed E-state index contributed by atoms with van der Waals surface area (Å²) in [6.07, 6.45) is 6.08. The number of anilines is 1. The number of benzene rings is 1. The first kappa shape index (κ1) is 16.2. The maximum Gasteiger partial charge on any atom is 0.213 e. The predicted octanol–water partition coefficient (Wildman–Crippen LogP) is 5.11. The summed E-state index contributed by atoms with van der Waals surface area (Å²) in [5.74, 6) is 1.11. The summed E-state index contributed by atoms with van der Waals surface area (Å²) in [7, 11) is 0. The summed E-state index contributed by atoms with van der Waals surface area (Å²) in [5, 5.41) is 4.05. The first-order valence-corrected chi connectivity index (χ1v) is 8.63. The fraction of sp³-hybridized carbons (Fsp3) is 0.333. The Bertz CT molecular complexity index is 640. The van der Waals surface area contributed by atoms with Crippen molar-refractivity contribution in [2.45, 2.75) is 31.8 Å². The van der Waals surface area contributed by atoms with Gasteiger partial charge in [0.2, 0.25) is 5.88 Å². The second-order valence-electron chi connectivity index (χ2n) is 5.76. The largest absolute Gasteiger partial charge is 0.474 e. The molecule has 1 aromatic heterocycles. The Morgan fingerprint density at radius 3 is 2.48 bits per heavy atom. The Morgan fingerprint density at radius 1 is 1.09 bits per heavy atom. The lowest BCUT2D eigenvalue weighted by Gasteiger charge is -2.29. The Hall–Kier alpha value is -1.65. The first-order valence-electron chi connectivity index (χ1n) is 7.85. The number of hydrogen-bond acceptors (Lipinski definition) is 3. The van der Waals surface area contributed by atoms with E-state index in [4.69, 9.17) is 28.6 Å². The van der Waals surface area contributed by atoms with Crippen LogP contribution in [0.1, 0.15) is 25.7 Å². The van der Waals surface area contributed by atoms with Crippen LogP contribution in [-0.2, 0) is 0 Å². The van der Waals surface area contributed by atoms with Crippen LogP contribution < -0.4 is 10.1 Å². The van der Waals surface area contributed by atoms with E-state index in [-0.39, 0.29) is 6.10 Å². The molecule has 120 valence electrons. The maximum atomic E-state index is 5.93. The Kier molecular flexibility index (Phi) is 5.47. The van der Waals surface area contributed by atoms with Gasteiger partial charge in [0.25, 0.3) is 0 Å². The molecule has 0 amide bonds. The summed E-state index contributed by atoms with van der Waals surface area (Å²) in [4.78, 5) is 5.12. The van der Waals surface area contributed by atoms with Gasteiger partial charge in [-0.25, -0.2) is 4.98 Å². The van der Waals surface area contributed by atoms with Crippen molar-refractivity contribution < 1.29 is 4.74 Å². The summed E-state index contributed by atoms with van der Waals surface area (Å²) in [6.45, 7) is 0. The third-order valence-corrected chi connectivity index (χ3v) is 4.77. The minimum absolute atomic E-state index is 0.236. The standard InChI is InChI=1S/C18H19ClN2OS/c19-14-6-8-15(9-7-14)21-18(23)13-4-10-16(11-5-13)22-17-3-1-2-12-20-17/h1-3,6-9,12-13,16H,4-5,10-11H2,(H,21,23). The molecule has 1 aliphatic rings. The number of pyridine rings is 1. The van der Waals surface area contributed by atoms with Gasteiger partial charge in [0, 0.05) is 28.9 Å². The highest BCUT2D eigenvalue weighted by Gasteiger charge is 2.25. The fourth-order valence-corrected chi connectivity index (χ4v) is 3.29. The number of halogens is 1. The smallest absolute Gasteiger partial charge is 0.213 e. The van der Waals surface area contributed by atoms with E-state index in [0.717, 1.165) is 41.4 Å². The number of nitrogens with one attached hydrogen (secondary N) is 1. The van der Waals surface area contributed by atoms with Gasteiger partial charge < -0.3 is 10.1 Å². The normalized spacial score (nSPS) is 20.7. The monoisotopic (exact) mass is 346 g/mol. The molecular formula is C18H19ClN2OS. The average Bonchev–Trinajstić information content (AvgIpc) is 2.58. The van der Waals surface area contributed by atoms with Gasteiger partial charge in [0.05, 0.1) is 4.99 Å². The molecule has 23 heavy (non-hydrogen) atoms. The molecule has 5 heteroatoms. The van der Waals surface area contributed by atoms with Crippen LogP contribution in [0.2, 0.25) is 5.02 Å². The molecule has 1 heterocycles. The van der Waals surface area contributed by atoms with Crippen LogP contribution >= 0.6 is 23.8 Å². The van der Waals surface area contributed by atoms with Crippen LogP contribution in [0.15, 0.2) is 48.7 Å². The lowest BCUT2D eigenvalue weighted by atomic mass is 9.87. The summed E-state index contributed by atoms with van der Waals surface area (Å²) in [5.41, 5.74) is 0.992. The van der Waals surface area contributed by atoms with Crippen LogP contribution in [0.4, 0.5) is 5.69 Å². The molecule has 0 unspecified atom stereocenters. The number of aromatic nitrogens is 1. The van der Waals surface area contributed by atoms with E-state index >= 15 is 0 Å². The van der Waals surface area contributed by atoms with Crippen molar-refractivity contribution in [3.8, 4) is 5.88 Å². The van der Waals surface area contributed by atoms with Gasteiger partial charge in [-0.2, -0.15) is 0 Å². The van der Waals surface area contributed by atoms with E-state index in [1.165, 1.54) is 0 Å². The van der Waals surface area contributed by atoms with Gasteiger partial charge in [-0.15, -0.1) is 0 Å². The molecule has 1 saturated carbocycles. The molecule has 1 aromatic carbocycles. The first-order chi connectivity index (χ1) is 11.2. The number of ether oxygens (including phenoxy) is 1. The average molecular weight is 347 g/mol. The number of rotatable bonds is 4. The Morgan fingerprint density at radius 2 is 1.83 bits per heavy atom. The third-order valence-electron chi connectivity index (χ3n) is 4.08. The third kappa shape index (κ3) is 4.66. The van der Waals surface area contributed by atoms with Gasteiger partial charge in [0.15, 0.2) is 0 Å². The second kappa shape index (κ2) is 7.75. The highest BCUT2D eigenvalue weighted by atomic mass is 35.5. The van der Waals surface area contributed by atoms with E-state index in [9.17, 15) is 0 Å². The van der Waals surface area contributed by atoms with Crippen LogP contribution in [0, 0.1) is 5.92 Å². The highest BCUT2D eigenvalue weighted by Crippen LogP contribution is 2.28. The number of thiocarbonyl (C=S) groups is 1. The zero-order valence-corrected chi connectivity index (χ0v) is 14.3. The molecule has 0 radical (unpaired) electrons. The van der Waals surface area contributed by atoms with Crippen LogP contribution in [0.5, 0.6) is 5.88 Å². The van der Waals surface area contributed by atoms with Gasteiger partial charge in [0.1, 0.15) is 6.10 Å². The fourth-order valence-electron chi connectivity index (χ4n) is 2.81. The van der Waals surface area contributed by atoms with E-state index < -0.39 is 0 Å². The molecule has 2 aromatic rings. The molecule has 0 atom stereocenters. The number of hydrogen-bond donors (Lipinski definition) is 1. The summed E-state index contributed by atoms with van der Waals surface area (Å²) >= 11 is 11.5. The molecule has 0 aliphatic heterocycles. The molecule has 3 nitrogen and oxygen atoms in total. The van der Waals surface area contributed by atoms with Crippen molar-refractivity contribution in [1.29, 1.82) is 0 Å². The zero-order valence-electron chi connectivity index (χ0n) is 12.7. The minimum Gasteiger partial charge on any atom is -0.474 e. The SMILES string of the molecule is S=C(Nc1ccc(Cl)cc1)C1CCC(Oc2ccccn2)CC1. The van der Waals surface area contributed by atoms with Crippen LogP contribution in [0.25, 0.3) is 0 Å². The lowest BCUT2D eigenvalue weighted by Crippen LogP contribution is -2.30. The van der Waals surface area contributed by atoms with Crippen LogP contribution in [-0.4, -0.2) is 16.1 Å². The van der Waals surface area contributed by atoms with Gasteiger partial charge in [-0.05, 0) is 56.0 Å². The summed E-state index contributed by atoms with van der Waals surface area (Å²) < 4.78 is 5.93. The minimum atomic E-state index is 0.236. The van der Waals surface area contributed by atoms with Gasteiger partial charge >= 0.3 is 0 Å². The van der Waals surface area contributed by atoms with Gasteiger partial charge in [-0.3, -0.25) is 0 Å². The van der Waals surface area contributed by atoms with E-state index in [1.54, 1.807) is 6.20 Å². The Balaban J connectivity index is 1.48. The molecule has 1 fully saturated rings. The molecule has 0 bridgehead atoms. The van der Waals surface area contributed by atoms with Gasteiger partial charge in [-0.1, -0.05) is 29.9 Å². The maximum absolute atomic E-state index is 5.93. The quantitative estimate of drug-likeness (QED) is 0.780. The Labute approximate surface area is 147 Å². The van der Waals surface area contributed by atoms with Crippen molar-refractivity contribution in [2.75, 3.05) is 5.32 Å². The summed E-state index contributed by atoms with van der Waals surface area (Å²) in [6, 6.07) is 13.4. The van der Waals surface area contributed by atoms with Crippen molar-refractivity contribution in [1.82, 2.24) is 4.98 Å². The predicted molar refractivity (Wildman–Crippen MR) is 98.3 cm³/mol. The number of nitrogens with zero attached hydrogens (tertiary/aromatic N) is 1. The van der Waals surface area contributed by atoms with E-state index in [1.807, 2.05) is 42.5 Å². The van der Waals surface area contributed by atoms with Crippen molar-refractivity contribution in [3.63, 3.8) is 0 Å². The molecule has 1 aliphatic carbocycles. The molecule has 0 spiro atoms.